The number of nitro groups is 1. The Hall–Kier alpha value is -4.76. The maximum atomic E-state index is 13.1. The Morgan fingerprint density at radius 1 is 0.973 bits per heavy atom. The summed E-state index contributed by atoms with van der Waals surface area (Å²) in [7, 11) is 0. The number of rotatable bonds is 13. The number of nitro benzene ring substituents is 1. The van der Waals surface area contributed by atoms with Crippen LogP contribution in [-0.4, -0.2) is 53.0 Å². The molecule has 0 radical (unpaired) electrons. The van der Waals surface area contributed by atoms with E-state index in [9.17, 15) is 39.9 Å². The topological polar surface area (TPSA) is 213 Å². The maximum absolute atomic E-state index is 13.1. The Kier molecular flexibility index (Phi) is 9.85. The molecule has 16 nitrogen and oxygen atoms in total. The van der Waals surface area contributed by atoms with Gasteiger partial charge in [0, 0.05) is 29.9 Å². The summed E-state index contributed by atoms with van der Waals surface area (Å²) in [5.41, 5.74) is 0.349. The van der Waals surface area contributed by atoms with Crippen molar-refractivity contribution in [2.45, 2.75) is 39.2 Å². The fourth-order valence-corrected chi connectivity index (χ4v) is 3.58. The van der Waals surface area contributed by atoms with Gasteiger partial charge in [0.1, 0.15) is 12.7 Å². The van der Waals surface area contributed by atoms with E-state index in [1.54, 1.807) is 0 Å². The predicted molar refractivity (Wildman–Crippen MR) is 121 cm³/mol. The molecule has 1 heterocycles. The highest BCUT2D eigenvalue weighted by molar-refractivity contribution is 6.00. The van der Waals surface area contributed by atoms with Crippen molar-refractivity contribution in [1.29, 1.82) is 0 Å². The summed E-state index contributed by atoms with van der Waals surface area (Å²) in [5.74, 6) is -2.99. The molecule has 200 valence electrons. The lowest BCUT2D eigenvalue weighted by Gasteiger charge is -2.30. The van der Waals surface area contributed by atoms with Gasteiger partial charge in [-0.2, -0.15) is 0 Å². The highest BCUT2D eigenvalue weighted by Gasteiger charge is 2.38. The number of allylic oxidation sites excluding steroid dienone is 2. The van der Waals surface area contributed by atoms with E-state index in [1.165, 1.54) is 45.0 Å². The Morgan fingerprint density at radius 3 is 2.16 bits per heavy atom. The van der Waals surface area contributed by atoms with Crippen LogP contribution in [0.5, 0.6) is 0 Å². The van der Waals surface area contributed by atoms with Gasteiger partial charge in [-0.25, -0.2) is 9.59 Å². The van der Waals surface area contributed by atoms with Crippen molar-refractivity contribution in [3.05, 3.63) is 82.7 Å². The molecule has 0 spiro atoms. The van der Waals surface area contributed by atoms with Crippen molar-refractivity contribution < 1.29 is 43.8 Å². The van der Waals surface area contributed by atoms with Gasteiger partial charge >= 0.3 is 11.9 Å². The first-order chi connectivity index (χ1) is 17.4. The Labute approximate surface area is 209 Å². The Morgan fingerprint density at radius 2 is 1.59 bits per heavy atom. The monoisotopic (exact) mass is 524 g/mol. The standard InChI is InChI=1S/C21H24N4O12/c1-12(37-25(32)33)11-35-21(27)18-14(3)22-13(2)17(20(26)34-8-5-9-36-24(30)31)19(18)15-6-4-7-16(10-15)23(28)29/h4,6-7,10,12,19,22H,5,8-9,11H2,1-3H3/t12-,19-/m1/s1. The van der Waals surface area contributed by atoms with Crippen LogP contribution in [-0.2, 0) is 28.7 Å². The van der Waals surface area contributed by atoms with E-state index in [-0.39, 0.29) is 47.7 Å². The molecule has 0 aliphatic carbocycles. The average Bonchev–Trinajstić information content (AvgIpc) is 2.81. The van der Waals surface area contributed by atoms with Gasteiger partial charge in [-0.05, 0) is 26.3 Å². The van der Waals surface area contributed by atoms with Crippen molar-refractivity contribution in [3.63, 3.8) is 0 Å². The van der Waals surface area contributed by atoms with Crippen molar-refractivity contribution in [2.24, 2.45) is 0 Å². The van der Waals surface area contributed by atoms with Crippen molar-refractivity contribution in [3.8, 4) is 0 Å². The van der Waals surface area contributed by atoms with Gasteiger partial charge in [0.05, 0.1) is 35.2 Å². The minimum Gasteiger partial charge on any atom is -0.462 e. The third kappa shape index (κ3) is 7.87. The molecule has 2 atom stereocenters. The van der Waals surface area contributed by atoms with Gasteiger partial charge in [-0.3, -0.25) is 10.1 Å². The maximum Gasteiger partial charge on any atom is 0.336 e. The van der Waals surface area contributed by atoms with Crippen LogP contribution in [0.15, 0.2) is 46.8 Å². The van der Waals surface area contributed by atoms with Crippen LogP contribution in [0.4, 0.5) is 5.69 Å². The molecule has 2 rings (SSSR count). The highest BCUT2D eigenvalue weighted by atomic mass is 17.0. The van der Waals surface area contributed by atoms with Gasteiger partial charge in [0.2, 0.25) is 0 Å². The fraction of sp³-hybridized carbons (Fsp3) is 0.429. The smallest absolute Gasteiger partial charge is 0.336 e. The SMILES string of the molecule is CC1=C(C(=O)OCCCO[N+](=O)[O-])[C@@H](c2cccc([N+](=O)[O-])c2)C(C(=O)OC[C@@H](C)O[N+](=O)[O-])=C(C)N1. The summed E-state index contributed by atoms with van der Waals surface area (Å²) in [6, 6.07) is 5.29. The number of nitrogens with zero attached hydrogens (tertiary/aromatic N) is 3. The molecule has 0 unspecified atom stereocenters. The predicted octanol–water partition coefficient (Wildman–Crippen LogP) is 2.11. The van der Waals surface area contributed by atoms with Crippen molar-refractivity contribution in [1.82, 2.24) is 5.32 Å². The number of carbonyl (C=O) groups is 2. The third-order valence-corrected chi connectivity index (χ3v) is 5.05. The molecular weight excluding hydrogens is 500 g/mol. The molecule has 1 aromatic carbocycles. The van der Waals surface area contributed by atoms with Gasteiger partial charge < -0.3 is 24.5 Å². The summed E-state index contributed by atoms with van der Waals surface area (Å²) in [6.45, 7) is 3.32. The fourth-order valence-electron chi connectivity index (χ4n) is 3.58. The lowest BCUT2D eigenvalue weighted by molar-refractivity contribution is -0.767. The summed E-state index contributed by atoms with van der Waals surface area (Å²) in [5, 5.41) is 33.0. The number of hydrogen-bond donors (Lipinski definition) is 1. The second-order valence-electron chi connectivity index (χ2n) is 7.77. The molecule has 1 aliphatic rings. The molecule has 0 bridgehead atoms. The molecular formula is C21H24N4O12. The number of benzene rings is 1. The van der Waals surface area contributed by atoms with Crippen molar-refractivity contribution in [2.75, 3.05) is 19.8 Å². The highest BCUT2D eigenvalue weighted by Crippen LogP contribution is 2.40. The normalized spacial score (nSPS) is 15.8. The van der Waals surface area contributed by atoms with E-state index in [1.807, 2.05) is 0 Å². The largest absolute Gasteiger partial charge is 0.462 e. The van der Waals surface area contributed by atoms with E-state index in [2.05, 4.69) is 15.0 Å². The van der Waals surface area contributed by atoms with Gasteiger partial charge in [0.15, 0.2) is 0 Å². The van der Waals surface area contributed by atoms with E-state index in [0.29, 0.717) is 5.70 Å². The Balaban J connectivity index is 2.41. The number of ether oxygens (including phenoxy) is 2. The van der Waals surface area contributed by atoms with Crippen molar-refractivity contribution >= 4 is 17.6 Å². The van der Waals surface area contributed by atoms with Crippen LogP contribution in [0.1, 0.15) is 38.7 Å². The molecule has 0 saturated carbocycles. The molecule has 37 heavy (non-hydrogen) atoms. The second kappa shape index (κ2) is 12.8. The number of carbonyl (C=O) groups excluding carboxylic acids is 2. The average molecular weight is 524 g/mol. The van der Waals surface area contributed by atoms with Crippen LogP contribution in [0.2, 0.25) is 0 Å². The zero-order chi connectivity index (χ0) is 27.7. The first-order valence-electron chi connectivity index (χ1n) is 10.8. The number of nitrogens with one attached hydrogen (secondary N) is 1. The first kappa shape index (κ1) is 28.5. The molecule has 1 aliphatic heterocycles. The van der Waals surface area contributed by atoms with Crippen LogP contribution in [0.3, 0.4) is 0 Å². The summed E-state index contributed by atoms with van der Waals surface area (Å²) >= 11 is 0. The van der Waals surface area contributed by atoms with Gasteiger partial charge in [-0.15, -0.1) is 20.2 Å². The molecule has 1 aromatic rings. The second-order valence-corrected chi connectivity index (χ2v) is 7.77. The minimum atomic E-state index is -1.16. The summed E-state index contributed by atoms with van der Waals surface area (Å²) in [4.78, 5) is 66.2. The number of hydrogen-bond acceptors (Lipinski definition) is 13. The molecule has 16 heteroatoms. The molecule has 0 aromatic heterocycles. The van der Waals surface area contributed by atoms with E-state index in [0.717, 1.165) is 0 Å². The molecule has 0 fully saturated rings. The van der Waals surface area contributed by atoms with Gasteiger partial charge in [0.25, 0.3) is 15.9 Å². The lowest BCUT2D eigenvalue weighted by Crippen LogP contribution is -2.33. The van der Waals surface area contributed by atoms with E-state index < -0.39 is 45.7 Å². The third-order valence-electron chi connectivity index (χ3n) is 5.05. The molecule has 0 saturated heterocycles. The number of esters is 2. The molecule has 0 amide bonds. The van der Waals surface area contributed by atoms with E-state index >= 15 is 0 Å². The number of dihydropyridines is 1. The first-order valence-corrected chi connectivity index (χ1v) is 10.8. The minimum absolute atomic E-state index is 0.00600. The zero-order valence-electron chi connectivity index (χ0n) is 20.0. The number of non-ortho nitro benzene ring substituents is 1. The van der Waals surface area contributed by atoms with Crippen LogP contribution in [0, 0.1) is 30.3 Å². The van der Waals surface area contributed by atoms with Crippen LogP contribution >= 0.6 is 0 Å². The lowest BCUT2D eigenvalue weighted by atomic mass is 9.80. The van der Waals surface area contributed by atoms with Gasteiger partial charge in [-0.1, -0.05) is 12.1 Å². The Bertz CT molecular complexity index is 1150. The quantitative estimate of drug-likeness (QED) is 0.170. The van der Waals surface area contributed by atoms with E-state index in [4.69, 9.17) is 9.47 Å². The van der Waals surface area contributed by atoms with Crippen LogP contribution < -0.4 is 5.32 Å². The zero-order valence-corrected chi connectivity index (χ0v) is 20.0. The van der Waals surface area contributed by atoms with Crippen LogP contribution in [0.25, 0.3) is 0 Å². The summed E-state index contributed by atoms with van der Waals surface area (Å²) < 4.78 is 10.4. The molecule has 1 N–H and O–H groups in total. The summed E-state index contributed by atoms with van der Waals surface area (Å²) in [6.07, 6.45) is -1.08.